The third-order valence-electron chi connectivity index (χ3n) is 3.08. The van der Waals surface area contributed by atoms with Crippen LogP contribution in [0.4, 0.5) is 5.69 Å². The number of nitrogens with zero attached hydrogens (tertiary/aromatic N) is 1. The number of carbonyl (C=O) groups excluding carboxylic acids is 1. The molecule has 1 aliphatic heterocycles. The molecular formula is C14H21N3O2. The Labute approximate surface area is 113 Å². The molecule has 2 N–H and O–H groups in total. The van der Waals surface area contributed by atoms with Gasteiger partial charge in [-0.05, 0) is 24.7 Å². The Morgan fingerprint density at radius 1 is 1.26 bits per heavy atom. The third-order valence-corrected chi connectivity index (χ3v) is 3.08. The molecule has 0 atom stereocenters. The van der Waals surface area contributed by atoms with Crippen LogP contribution in [0.3, 0.4) is 0 Å². The number of ether oxygens (including phenoxy) is 1. The number of hydrogen-bond donors (Lipinski definition) is 2. The summed E-state index contributed by atoms with van der Waals surface area (Å²) >= 11 is 0. The lowest BCUT2D eigenvalue weighted by Gasteiger charge is -2.26. The first-order valence-corrected chi connectivity index (χ1v) is 6.61. The second-order valence-corrected chi connectivity index (χ2v) is 4.66. The van der Waals surface area contributed by atoms with Crippen molar-refractivity contribution in [1.29, 1.82) is 0 Å². The fourth-order valence-electron chi connectivity index (χ4n) is 2.08. The molecule has 0 aromatic heterocycles. The summed E-state index contributed by atoms with van der Waals surface area (Å²) in [6.45, 7) is 4.88. The van der Waals surface area contributed by atoms with Crippen molar-refractivity contribution in [2.45, 2.75) is 6.54 Å². The maximum atomic E-state index is 11.4. The van der Waals surface area contributed by atoms with Crippen LogP contribution in [0.5, 0.6) is 0 Å². The van der Waals surface area contributed by atoms with Gasteiger partial charge in [0.05, 0.1) is 19.8 Å². The number of rotatable bonds is 5. The number of carbonyl (C=O) groups is 1. The van der Waals surface area contributed by atoms with Crippen molar-refractivity contribution in [3.63, 3.8) is 0 Å². The van der Waals surface area contributed by atoms with E-state index in [-0.39, 0.29) is 5.91 Å². The molecule has 19 heavy (non-hydrogen) atoms. The summed E-state index contributed by atoms with van der Waals surface area (Å²) in [4.78, 5) is 13.8. The number of benzene rings is 1. The maximum Gasteiger partial charge on any atom is 0.238 e. The summed E-state index contributed by atoms with van der Waals surface area (Å²) in [5.74, 6) is -0.0246. The quantitative estimate of drug-likeness (QED) is 0.820. The molecule has 5 nitrogen and oxygen atoms in total. The van der Waals surface area contributed by atoms with Crippen molar-refractivity contribution < 1.29 is 9.53 Å². The average Bonchev–Trinajstić information content (AvgIpc) is 2.42. The summed E-state index contributed by atoms with van der Waals surface area (Å²) in [5.41, 5.74) is 2.10. The molecule has 0 aliphatic carbocycles. The zero-order valence-corrected chi connectivity index (χ0v) is 11.3. The molecule has 0 saturated carbocycles. The van der Waals surface area contributed by atoms with Gasteiger partial charge < -0.3 is 15.4 Å². The fourth-order valence-corrected chi connectivity index (χ4v) is 2.08. The summed E-state index contributed by atoms with van der Waals surface area (Å²) in [7, 11) is 1.75. The normalized spacial score (nSPS) is 16.3. The van der Waals surface area contributed by atoms with Crippen LogP contribution in [0.1, 0.15) is 5.56 Å². The molecule has 1 aliphatic rings. The Morgan fingerprint density at radius 3 is 2.58 bits per heavy atom. The highest BCUT2D eigenvalue weighted by Crippen LogP contribution is 2.12. The molecule has 0 unspecified atom stereocenters. The molecule has 1 saturated heterocycles. The van der Waals surface area contributed by atoms with Gasteiger partial charge in [-0.25, -0.2) is 0 Å². The summed E-state index contributed by atoms with van der Waals surface area (Å²) in [6, 6.07) is 8.02. The Bertz CT molecular complexity index is 400. The SMILES string of the molecule is CNCC(=O)Nc1ccc(CN2CCOCC2)cc1. The van der Waals surface area contributed by atoms with Gasteiger partial charge in [0.15, 0.2) is 0 Å². The highest BCUT2D eigenvalue weighted by atomic mass is 16.5. The van der Waals surface area contributed by atoms with Crippen LogP contribution >= 0.6 is 0 Å². The van der Waals surface area contributed by atoms with Crippen LogP contribution < -0.4 is 10.6 Å². The molecular weight excluding hydrogens is 242 g/mol. The van der Waals surface area contributed by atoms with E-state index in [1.165, 1.54) is 5.56 Å². The predicted octanol–water partition coefficient (Wildman–Crippen LogP) is 0.677. The summed E-state index contributed by atoms with van der Waals surface area (Å²) in [6.07, 6.45) is 0. The van der Waals surface area contributed by atoms with Crippen LogP contribution in [-0.4, -0.2) is 50.7 Å². The van der Waals surface area contributed by atoms with Gasteiger partial charge in [0.25, 0.3) is 0 Å². The van der Waals surface area contributed by atoms with Gasteiger partial charge in [-0.3, -0.25) is 9.69 Å². The van der Waals surface area contributed by atoms with Gasteiger partial charge in [-0.2, -0.15) is 0 Å². The Kier molecular flexibility index (Phi) is 5.32. The molecule has 1 amide bonds. The lowest BCUT2D eigenvalue weighted by atomic mass is 10.2. The van der Waals surface area contributed by atoms with Crippen LogP contribution in [0, 0.1) is 0 Å². The number of anilines is 1. The minimum Gasteiger partial charge on any atom is -0.379 e. The molecule has 2 rings (SSSR count). The van der Waals surface area contributed by atoms with Gasteiger partial charge in [-0.15, -0.1) is 0 Å². The fraction of sp³-hybridized carbons (Fsp3) is 0.500. The van der Waals surface area contributed by atoms with Crippen molar-refractivity contribution in [2.24, 2.45) is 0 Å². The first kappa shape index (κ1) is 14.0. The zero-order valence-electron chi connectivity index (χ0n) is 11.3. The van der Waals surface area contributed by atoms with E-state index in [9.17, 15) is 4.79 Å². The average molecular weight is 263 g/mol. The number of nitrogens with one attached hydrogen (secondary N) is 2. The van der Waals surface area contributed by atoms with Crippen LogP contribution in [0.25, 0.3) is 0 Å². The minimum atomic E-state index is -0.0246. The first-order valence-electron chi connectivity index (χ1n) is 6.61. The van der Waals surface area contributed by atoms with Crippen LogP contribution in [-0.2, 0) is 16.1 Å². The minimum absolute atomic E-state index is 0.0246. The predicted molar refractivity (Wildman–Crippen MR) is 75.1 cm³/mol. The van der Waals surface area contributed by atoms with Gasteiger partial charge in [0.2, 0.25) is 5.91 Å². The Hall–Kier alpha value is -1.43. The molecule has 0 radical (unpaired) electrons. The van der Waals surface area contributed by atoms with Crippen molar-refractivity contribution in [3.8, 4) is 0 Å². The van der Waals surface area contributed by atoms with E-state index in [1.54, 1.807) is 7.05 Å². The highest BCUT2D eigenvalue weighted by Gasteiger charge is 2.10. The topological polar surface area (TPSA) is 53.6 Å². The molecule has 1 aromatic rings. The van der Waals surface area contributed by atoms with Gasteiger partial charge in [-0.1, -0.05) is 12.1 Å². The van der Waals surface area contributed by atoms with E-state index in [1.807, 2.05) is 12.1 Å². The Morgan fingerprint density at radius 2 is 1.95 bits per heavy atom. The van der Waals surface area contributed by atoms with E-state index >= 15 is 0 Å². The molecule has 1 aromatic carbocycles. The van der Waals surface area contributed by atoms with Crippen LogP contribution in [0.15, 0.2) is 24.3 Å². The Balaban J connectivity index is 1.85. The second-order valence-electron chi connectivity index (χ2n) is 4.66. The number of amides is 1. The monoisotopic (exact) mass is 263 g/mol. The zero-order chi connectivity index (χ0) is 13.5. The molecule has 104 valence electrons. The molecule has 0 bridgehead atoms. The van der Waals surface area contributed by atoms with Crippen molar-refractivity contribution in [3.05, 3.63) is 29.8 Å². The van der Waals surface area contributed by atoms with Crippen molar-refractivity contribution in [1.82, 2.24) is 10.2 Å². The van der Waals surface area contributed by atoms with Crippen molar-refractivity contribution >= 4 is 11.6 Å². The standard InChI is InChI=1S/C14H21N3O2/c1-15-10-14(18)16-13-4-2-12(3-5-13)11-17-6-8-19-9-7-17/h2-5,15H,6-11H2,1H3,(H,16,18). The maximum absolute atomic E-state index is 11.4. The summed E-state index contributed by atoms with van der Waals surface area (Å²) in [5, 5.41) is 5.66. The van der Waals surface area contributed by atoms with E-state index < -0.39 is 0 Å². The van der Waals surface area contributed by atoms with Gasteiger partial charge >= 0.3 is 0 Å². The summed E-state index contributed by atoms with van der Waals surface area (Å²) < 4.78 is 5.33. The number of hydrogen-bond acceptors (Lipinski definition) is 4. The largest absolute Gasteiger partial charge is 0.379 e. The van der Waals surface area contributed by atoms with E-state index in [2.05, 4.69) is 27.7 Å². The third kappa shape index (κ3) is 4.63. The highest BCUT2D eigenvalue weighted by molar-refractivity contribution is 5.92. The lowest BCUT2D eigenvalue weighted by molar-refractivity contribution is -0.115. The van der Waals surface area contributed by atoms with E-state index in [0.29, 0.717) is 6.54 Å². The molecule has 5 heteroatoms. The van der Waals surface area contributed by atoms with Crippen LogP contribution in [0.2, 0.25) is 0 Å². The van der Waals surface area contributed by atoms with Gasteiger partial charge in [0.1, 0.15) is 0 Å². The molecule has 1 fully saturated rings. The van der Waals surface area contributed by atoms with E-state index in [4.69, 9.17) is 4.74 Å². The lowest BCUT2D eigenvalue weighted by Crippen LogP contribution is -2.35. The number of likely N-dealkylation sites (N-methyl/N-ethyl adjacent to an activating group) is 1. The number of morpholine rings is 1. The van der Waals surface area contributed by atoms with E-state index in [0.717, 1.165) is 38.5 Å². The first-order chi connectivity index (χ1) is 9.28. The van der Waals surface area contributed by atoms with Gasteiger partial charge in [0, 0.05) is 25.3 Å². The smallest absolute Gasteiger partial charge is 0.238 e. The molecule has 1 heterocycles. The van der Waals surface area contributed by atoms with Crippen molar-refractivity contribution in [2.75, 3.05) is 45.2 Å². The molecule has 0 spiro atoms. The second kappa shape index (κ2) is 7.23.